The third-order valence-corrected chi connectivity index (χ3v) is 4.07. The zero-order valence-corrected chi connectivity index (χ0v) is 14.8. The second-order valence-electron chi connectivity index (χ2n) is 7.26. The molecule has 130 valence electrons. The van der Waals surface area contributed by atoms with Gasteiger partial charge in [0.25, 0.3) is 0 Å². The first-order chi connectivity index (χ1) is 11.9. The van der Waals surface area contributed by atoms with Crippen LogP contribution in [-0.2, 0) is 4.74 Å². The van der Waals surface area contributed by atoms with Gasteiger partial charge < -0.3 is 14.1 Å². The second-order valence-corrected chi connectivity index (χ2v) is 7.26. The van der Waals surface area contributed by atoms with Crippen LogP contribution in [0, 0.1) is 11.3 Å². The number of ether oxygens (including phenoxy) is 1. The summed E-state index contributed by atoms with van der Waals surface area (Å²) in [4.78, 5) is 14.1. The molecule has 1 aromatic heterocycles. The highest BCUT2D eigenvalue weighted by Crippen LogP contribution is 2.25. The average Bonchev–Trinajstić information content (AvgIpc) is 3.16. The van der Waals surface area contributed by atoms with Crippen molar-refractivity contribution < 1.29 is 13.9 Å². The highest BCUT2D eigenvalue weighted by molar-refractivity contribution is 5.81. The van der Waals surface area contributed by atoms with Crippen LogP contribution in [0.15, 0.2) is 34.8 Å². The Kier molecular flexibility index (Phi) is 4.54. The number of likely N-dealkylation sites (tertiary alicyclic amines) is 1. The van der Waals surface area contributed by atoms with E-state index < -0.39 is 5.60 Å². The van der Waals surface area contributed by atoms with Crippen molar-refractivity contribution in [2.24, 2.45) is 0 Å². The molecule has 1 atom stereocenters. The summed E-state index contributed by atoms with van der Waals surface area (Å²) >= 11 is 0. The highest BCUT2D eigenvalue weighted by Gasteiger charge is 2.30. The minimum atomic E-state index is -0.495. The molecule has 2 heterocycles. The summed E-state index contributed by atoms with van der Waals surface area (Å²) in [7, 11) is 0. The van der Waals surface area contributed by atoms with Crippen LogP contribution < -0.4 is 0 Å². The summed E-state index contributed by atoms with van der Waals surface area (Å²) in [6.07, 6.45) is 5.47. The Balaban J connectivity index is 1.74. The van der Waals surface area contributed by atoms with Crippen molar-refractivity contribution in [3.63, 3.8) is 0 Å². The third kappa shape index (κ3) is 4.03. The van der Waals surface area contributed by atoms with Crippen molar-refractivity contribution >= 4 is 23.1 Å². The molecule has 0 saturated carbocycles. The molecule has 2 aromatic rings. The Morgan fingerprint density at radius 3 is 2.92 bits per heavy atom. The first-order valence-corrected chi connectivity index (χ1v) is 8.47. The maximum atomic E-state index is 12.3. The number of benzene rings is 1. The molecule has 0 unspecified atom stereocenters. The van der Waals surface area contributed by atoms with Crippen molar-refractivity contribution in [1.82, 2.24) is 4.90 Å². The van der Waals surface area contributed by atoms with Gasteiger partial charge in [-0.05, 0) is 64.0 Å². The van der Waals surface area contributed by atoms with E-state index in [1.165, 1.54) is 0 Å². The van der Waals surface area contributed by atoms with Gasteiger partial charge in [0.05, 0.1) is 17.7 Å². The molecule has 3 rings (SSSR count). The van der Waals surface area contributed by atoms with Crippen LogP contribution in [0.5, 0.6) is 0 Å². The normalized spacial score (nSPS) is 18.0. The third-order valence-electron chi connectivity index (χ3n) is 4.07. The fourth-order valence-corrected chi connectivity index (χ4v) is 2.96. The van der Waals surface area contributed by atoms with E-state index in [1.54, 1.807) is 23.1 Å². The molecule has 1 aromatic carbocycles. The Bertz CT molecular complexity index is 852. The lowest BCUT2D eigenvalue weighted by Gasteiger charge is -2.27. The van der Waals surface area contributed by atoms with Crippen molar-refractivity contribution in [2.45, 2.75) is 45.3 Å². The summed E-state index contributed by atoms with van der Waals surface area (Å²) < 4.78 is 11.2. The lowest BCUT2D eigenvalue weighted by Crippen LogP contribution is -2.39. The predicted octanol–water partition coefficient (Wildman–Crippen LogP) is 4.72. The highest BCUT2D eigenvalue weighted by atomic mass is 16.6. The average molecular weight is 338 g/mol. The number of hydrogen-bond donors (Lipinski definition) is 0. The largest absolute Gasteiger partial charge is 0.457 e. The van der Waals surface area contributed by atoms with Crippen molar-refractivity contribution in [2.75, 3.05) is 6.54 Å². The number of rotatable bonds is 2. The van der Waals surface area contributed by atoms with Crippen molar-refractivity contribution in [3.05, 3.63) is 41.7 Å². The molecule has 0 bridgehead atoms. The minimum Gasteiger partial charge on any atom is -0.457 e. The van der Waals surface area contributed by atoms with Crippen LogP contribution in [-0.4, -0.2) is 29.2 Å². The first kappa shape index (κ1) is 17.1. The fraction of sp³-hybridized carbons (Fsp3) is 0.400. The SMILES string of the molecule is CC(C)(C)OC(=O)N1CCC[C@H]1C=Cc1cc2cc(C#N)ccc2o1. The molecule has 1 amide bonds. The summed E-state index contributed by atoms with van der Waals surface area (Å²) in [5, 5.41) is 9.87. The maximum Gasteiger partial charge on any atom is 0.410 e. The number of amides is 1. The van der Waals surface area contributed by atoms with Gasteiger partial charge in [0, 0.05) is 11.9 Å². The summed E-state index contributed by atoms with van der Waals surface area (Å²) in [6, 6.07) is 9.38. The lowest BCUT2D eigenvalue weighted by atomic mass is 10.1. The Labute approximate surface area is 147 Å². The molecular formula is C20H22N2O3. The molecular weight excluding hydrogens is 316 g/mol. The molecule has 0 aliphatic carbocycles. The van der Waals surface area contributed by atoms with E-state index in [4.69, 9.17) is 14.4 Å². The molecule has 1 fully saturated rings. The van der Waals surface area contributed by atoms with Gasteiger partial charge in [-0.1, -0.05) is 6.08 Å². The minimum absolute atomic E-state index is 0.0118. The van der Waals surface area contributed by atoms with Gasteiger partial charge in [0.1, 0.15) is 16.9 Å². The zero-order chi connectivity index (χ0) is 18.0. The van der Waals surface area contributed by atoms with E-state index in [0.717, 1.165) is 23.8 Å². The van der Waals surface area contributed by atoms with Gasteiger partial charge >= 0.3 is 6.09 Å². The molecule has 0 N–H and O–H groups in total. The lowest BCUT2D eigenvalue weighted by molar-refractivity contribution is 0.0256. The van der Waals surface area contributed by atoms with Gasteiger partial charge in [-0.15, -0.1) is 0 Å². The number of nitrogens with zero attached hydrogens (tertiary/aromatic N) is 2. The summed E-state index contributed by atoms with van der Waals surface area (Å²) in [5.74, 6) is 0.709. The number of furan rings is 1. The molecule has 1 aliphatic heterocycles. The second kappa shape index (κ2) is 6.64. The molecule has 1 aliphatic rings. The van der Waals surface area contributed by atoms with Crippen LogP contribution in [0.4, 0.5) is 4.79 Å². The van der Waals surface area contributed by atoms with E-state index in [1.807, 2.05) is 39.0 Å². The topological polar surface area (TPSA) is 66.5 Å². The van der Waals surface area contributed by atoms with Crippen LogP contribution in [0.1, 0.15) is 44.9 Å². The quantitative estimate of drug-likeness (QED) is 0.795. The number of nitriles is 1. The Hall–Kier alpha value is -2.74. The van der Waals surface area contributed by atoms with Crippen LogP contribution >= 0.6 is 0 Å². The first-order valence-electron chi connectivity index (χ1n) is 8.47. The summed E-state index contributed by atoms with van der Waals surface area (Å²) in [6.45, 7) is 6.32. The molecule has 5 heteroatoms. The van der Waals surface area contributed by atoms with E-state index in [0.29, 0.717) is 17.9 Å². The van der Waals surface area contributed by atoms with Gasteiger partial charge in [-0.25, -0.2) is 4.79 Å². The number of carbonyl (C=O) groups is 1. The maximum absolute atomic E-state index is 12.3. The van der Waals surface area contributed by atoms with Gasteiger partial charge in [0.15, 0.2) is 0 Å². The predicted molar refractivity (Wildman–Crippen MR) is 95.9 cm³/mol. The van der Waals surface area contributed by atoms with E-state index in [2.05, 4.69) is 6.07 Å². The molecule has 25 heavy (non-hydrogen) atoms. The van der Waals surface area contributed by atoms with Crippen molar-refractivity contribution in [1.29, 1.82) is 5.26 Å². The Morgan fingerprint density at radius 2 is 2.20 bits per heavy atom. The van der Waals surface area contributed by atoms with E-state index in [-0.39, 0.29) is 12.1 Å². The molecule has 0 radical (unpaired) electrons. The van der Waals surface area contributed by atoms with Crippen LogP contribution in [0.25, 0.3) is 17.0 Å². The molecule has 0 spiro atoms. The molecule has 5 nitrogen and oxygen atoms in total. The van der Waals surface area contributed by atoms with Crippen LogP contribution in [0.3, 0.4) is 0 Å². The number of carbonyl (C=O) groups excluding carboxylic acids is 1. The number of fused-ring (bicyclic) bond motifs is 1. The Morgan fingerprint density at radius 1 is 1.40 bits per heavy atom. The number of hydrogen-bond acceptors (Lipinski definition) is 4. The van der Waals surface area contributed by atoms with Crippen LogP contribution in [0.2, 0.25) is 0 Å². The van der Waals surface area contributed by atoms with Gasteiger partial charge in [0.2, 0.25) is 0 Å². The summed E-state index contributed by atoms with van der Waals surface area (Å²) in [5.41, 5.74) is 0.857. The fourth-order valence-electron chi connectivity index (χ4n) is 2.96. The monoisotopic (exact) mass is 338 g/mol. The standard InChI is InChI=1S/C20H22N2O3/c1-20(2,3)25-19(23)22-10-4-5-16(22)7-8-17-12-15-11-14(13-21)6-9-18(15)24-17/h6-9,11-12,16H,4-5,10H2,1-3H3/t16-/m0/s1. The smallest absolute Gasteiger partial charge is 0.410 e. The van der Waals surface area contributed by atoms with Crippen molar-refractivity contribution in [3.8, 4) is 6.07 Å². The van der Waals surface area contributed by atoms with E-state index >= 15 is 0 Å². The van der Waals surface area contributed by atoms with Gasteiger partial charge in [-0.2, -0.15) is 5.26 Å². The zero-order valence-electron chi connectivity index (χ0n) is 14.8. The van der Waals surface area contributed by atoms with E-state index in [9.17, 15) is 4.79 Å². The van der Waals surface area contributed by atoms with Gasteiger partial charge in [-0.3, -0.25) is 0 Å². The molecule has 1 saturated heterocycles.